The molecule has 1 amide bonds. The summed E-state index contributed by atoms with van der Waals surface area (Å²) in [4.78, 5) is 12.5. The summed E-state index contributed by atoms with van der Waals surface area (Å²) in [5.74, 6) is 0.347. The number of rotatable bonds is 5. The summed E-state index contributed by atoms with van der Waals surface area (Å²) in [7, 11) is 0. The first kappa shape index (κ1) is 18.3. The van der Waals surface area contributed by atoms with Gasteiger partial charge in [-0.15, -0.1) is 0 Å². The minimum Gasteiger partial charge on any atom is -0.494 e. The smallest absolute Gasteiger partial charge is 0.266 e. The molecular weight excluding hydrogens is 312 g/mol. The second kappa shape index (κ2) is 8.16. The van der Waals surface area contributed by atoms with Crippen molar-refractivity contribution in [2.45, 2.75) is 27.7 Å². The first-order chi connectivity index (χ1) is 11.9. The Kier molecular flexibility index (Phi) is 5.97. The normalized spacial score (nSPS) is 10.9. The maximum atomic E-state index is 12.5. The number of hydrogen-bond acceptors (Lipinski definition) is 3. The number of carbonyl (C=O) groups excluding carboxylic acids is 1. The largest absolute Gasteiger partial charge is 0.494 e. The number of nitrogens with one attached hydrogen (secondary N) is 1. The number of ether oxygens (including phenoxy) is 1. The lowest BCUT2D eigenvalue weighted by molar-refractivity contribution is -0.112. The molecule has 128 valence electrons. The molecule has 2 aromatic carbocycles. The Bertz CT molecular complexity index is 820. The van der Waals surface area contributed by atoms with E-state index in [0.717, 1.165) is 33.7 Å². The quantitative estimate of drug-likeness (QED) is 0.644. The second-order valence-electron chi connectivity index (χ2n) is 5.90. The van der Waals surface area contributed by atoms with Gasteiger partial charge in [0.25, 0.3) is 5.91 Å². The van der Waals surface area contributed by atoms with Crippen LogP contribution in [0.15, 0.2) is 42.0 Å². The first-order valence-corrected chi connectivity index (χ1v) is 8.18. The van der Waals surface area contributed by atoms with Gasteiger partial charge in [-0.05, 0) is 62.6 Å². The molecule has 0 spiro atoms. The molecule has 0 aromatic heterocycles. The maximum Gasteiger partial charge on any atom is 0.266 e. The predicted octanol–water partition coefficient (Wildman–Crippen LogP) is 4.56. The van der Waals surface area contributed by atoms with Crippen LogP contribution in [-0.2, 0) is 4.79 Å². The van der Waals surface area contributed by atoms with Gasteiger partial charge in [0, 0.05) is 5.69 Å². The lowest BCUT2D eigenvalue weighted by atomic mass is 10.0. The molecule has 0 atom stereocenters. The molecule has 2 aromatic rings. The van der Waals surface area contributed by atoms with Gasteiger partial charge in [-0.2, -0.15) is 5.26 Å². The summed E-state index contributed by atoms with van der Waals surface area (Å²) in [6, 6.07) is 13.3. The lowest BCUT2D eigenvalue weighted by Gasteiger charge is -2.12. The molecule has 4 heteroatoms. The van der Waals surface area contributed by atoms with E-state index in [-0.39, 0.29) is 5.57 Å². The average Bonchev–Trinajstić information content (AvgIpc) is 2.57. The minimum absolute atomic E-state index is 0.0588. The fourth-order valence-corrected chi connectivity index (χ4v) is 2.70. The minimum atomic E-state index is -0.411. The van der Waals surface area contributed by atoms with Gasteiger partial charge in [-0.25, -0.2) is 0 Å². The molecule has 0 bridgehead atoms. The topological polar surface area (TPSA) is 62.1 Å². The molecule has 0 fully saturated rings. The number of nitriles is 1. The summed E-state index contributed by atoms with van der Waals surface area (Å²) >= 11 is 0. The first-order valence-electron chi connectivity index (χ1n) is 8.18. The molecule has 0 saturated heterocycles. The zero-order valence-electron chi connectivity index (χ0n) is 15.0. The fraction of sp³-hybridized carbons (Fsp3) is 0.238. The third kappa shape index (κ3) is 4.71. The van der Waals surface area contributed by atoms with Crippen molar-refractivity contribution in [2.24, 2.45) is 0 Å². The Morgan fingerprint density at radius 1 is 1.16 bits per heavy atom. The van der Waals surface area contributed by atoms with Crippen LogP contribution in [-0.4, -0.2) is 12.5 Å². The maximum absolute atomic E-state index is 12.5. The molecule has 1 N–H and O–H groups in total. The van der Waals surface area contributed by atoms with Crippen molar-refractivity contribution in [3.8, 4) is 11.8 Å². The molecule has 2 rings (SSSR count). The van der Waals surface area contributed by atoms with E-state index in [1.54, 1.807) is 6.08 Å². The van der Waals surface area contributed by atoms with E-state index < -0.39 is 5.91 Å². The van der Waals surface area contributed by atoms with E-state index in [2.05, 4.69) is 5.32 Å². The number of aryl methyl sites for hydroxylation is 3. The Hall–Kier alpha value is -3.06. The third-order valence-electron chi connectivity index (χ3n) is 3.78. The Morgan fingerprint density at radius 3 is 2.28 bits per heavy atom. The van der Waals surface area contributed by atoms with Crippen LogP contribution in [0.2, 0.25) is 0 Å². The summed E-state index contributed by atoms with van der Waals surface area (Å²) in [5, 5.41) is 12.2. The van der Waals surface area contributed by atoms with E-state index in [1.165, 1.54) is 0 Å². The highest BCUT2D eigenvalue weighted by molar-refractivity contribution is 6.10. The summed E-state index contributed by atoms with van der Waals surface area (Å²) in [6.07, 6.45) is 1.57. The van der Waals surface area contributed by atoms with Gasteiger partial charge >= 0.3 is 0 Å². The number of benzene rings is 2. The zero-order valence-corrected chi connectivity index (χ0v) is 15.0. The van der Waals surface area contributed by atoms with Crippen LogP contribution in [0.25, 0.3) is 6.08 Å². The molecule has 0 aliphatic rings. The highest BCUT2D eigenvalue weighted by Crippen LogP contribution is 2.23. The summed E-state index contributed by atoms with van der Waals surface area (Å²) in [5.41, 5.74) is 4.67. The van der Waals surface area contributed by atoms with Crippen molar-refractivity contribution in [1.82, 2.24) is 0 Å². The Morgan fingerprint density at radius 2 is 1.76 bits per heavy atom. The standard InChI is InChI=1S/C21H22N2O2/c1-5-25-19-8-6-17(7-9-19)12-18(13-22)21(24)23-20-15(3)10-14(2)11-16(20)4/h6-12H,5H2,1-4H3,(H,23,24)/b18-12-. The number of hydrogen-bond donors (Lipinski definition) is 1. The van der Waals surface area contributed by atoms with Crippen molar-refractivity contribution < 1.29 is 9.53 Å². The number of amides is 1. The number of carbonyl (C=O) groups is 1. The van der Waals surface area contributed by atoms with E-state index in [0.29, 0.717) is 6.61 Å². The van der Waals surface area contributed by atoms with Crippen molar-refractivity contribution in [3.63, 3.8) is 0 Å². The van der Waals surface area contributed by atoms with E-state index >= 15 is 0 Å². The summed E-state index contributed by atoms with van der Waals surface area (Å²) in [6.45, 7) is 8.41. The van der Waals surface area contributed by atoms with E-state index in [1.807, 2.05) is 70.2 Å². The highest BCUT2D eigenvalue weighted by atomic mass is 16.5. The van der Waals surface area contributed by atoms with Gasteiger partial charge in [-0.3, -0.25) is 4.79 Å². The molecule has 0 aliphatic heterocycles. The van der Waals surface area contributed by atoms with Crippen LogP contribution < -0.4 is 10.1 Å². The summed E-state index contributed by atoms with van der Waals surface area (Å²) < 4.78 is 5.39. The van der Waals surface area contributed by atoms with Crippen molar-refractivity contribution in [2.75, 3.05) is 11.9 Å². The van der Waals surface area contributed by atoms with Gasteiger partial charge in [0.1, 0.15) is 17.4 Å². The Labute approximate surface area is 148 Å². The highest BCUT2D eigenvalue weighted by Gasteiger charge is 2.13. The van der Waals surface area contributed by atoms with Gasteiger partial charge in [0.05, 0.1) is 6.61 Å². The van der Waals surface area contributed by atoms with Crippen LogP contribution in [0.4, 0.5) is 5.69 Å². The van der Waals surface area contributed by atoms with Crippen molar-refractivity contribution in [3.05, 3.63) is 64.2 Å². The Balaban J connectivity index is 2.23. The van der Waals surface area contributed by atoms with Crippen LogP contribution in [0.3, 0.4) is 0 Å². The lowest BCUT2D eigenvalue weighted by Crippen LogP contribution is -2.15. The zero-order chi connectivity index (χ0) is 18.4. The molecule has 0 saturated carbocycles. The van der Waals surface area contributed by atoms with Crippen molar-refractivity contribution >= 4 is 17.7 Å². The van der Waals surface area contributed by atoms with Crippen LogP contribution in [0.5, 0.6) is 5.75 Å². The molecule has 25 heavy (non-hydrogen) atoms. The molecule has 0 heterocycles. The van der Waals surface area contributed by atoms with Gasteiger partial charge < -0.3 is 10.1 Å². The molecule has 4 nitrogen and oxygen atoms in total. The fourth-order valence-electron chi connectivity index (χ4n) is 2.70. The molecule has 0 radical (unpaired) electrons. The monoisotopic (exact) mass is 334 g/mol. The van der Waals surface area contributed by atoms with Gasteiger partial charge in [-0.1, -0.05) is 29.8 Å². The van der Waals surface area contributed by atoms with Crippen LogP contribution in [0.1, 0.15) is 29.2 Å². The average molecular weight is 334 g/mol. The molecule has 0 aliphatic carbocycles. The molecule has 0 unspecified atom stereocenters. The van der Waals surface area contributed by atoms with Gasteiger partial charge in [0.2, 0.25) is 0 Å². The number of nitrogens with zero attached hydrogens (tertiary/aromatic N) is 1. The SMILES string of the molecule is CCOc1ccc(/C=C(/C#N)C(=O)Nc2c(C)cc(C)cc2C)cc1. The third-order valence-corrected chi connectivity index (χ3v) is 3.78. The van der Waals surface area contributed by atoms with E-state index in [4.69, 9.17) is 4.74 Å². The van der Waals surface area contributed by atoms with Crippen molar-refractivity contribution in [1.29, 1.82) is 5.26 Å². The van der Waals surface area contributed by atoms with Gasteiger partial charge in [0.15, 0.2) is 0 Å². The second-order valence-corrected chi connectivity index (χ2v) is 5.90. The number of anilines is 1. The van der Waals surface area contributed by atoms with Crippen LogP contribution in [0, 0.1) is 32.1 Å². The van der Waals surface area contributed by atoms with E-state index in [9.17, 15) is 10.1 Å². The predicted molar refractivity (Wildman–Crippen MR) is 100 cm³/mol. The van der Waals surface area contributed by atoms with Crippen LogP contribution >= 0.6 is 0 Å². The molecular formula is C21H22N2O2.